The minimum Gasteiger partial charge on any atom is -0.310 e. The molecule has 2 heteroatoms. The van der Waals surface area contributed by atoms with Gasteiger partial charge in [-0.25, -0.2) is 0 Å². The smallest absolute Gasteiger partial charge is 0.0538 e. The maximum Gasteiger partial charge on any atom is 0.0538 e. The van der Waals surface area contributed by atoms with Crippen LogP contribution >= 0.6 is 0 Å². The molecule has 3 unspecified atom stereocenters. The van der Waals surface area contributed by atoms with E-state index in [1.165, 1.54) is 77.6 Å². The van der Waals surface area contributed by atoms with E-state index in [1.807, 2.05) is 13.8 Å². The van der Waals surface area contributed by atoms with Crippen molar-refractivity contribution in [3.63, 3.8) is 0 Å². The lowest BCUT2D eigenvalue weighted by Gasteiger charge is -2.23. The van der Waals surface area contributed by atoms with E-state index < -0.39 is 0 Å². The quantitative estimate of drug-likeness (QED) is 0.185. The number of rotatable bonds is 3. The summed E-state index contributed by atoms with van der Waals surface area (Å²) in [6.45, 7) is 4.90. The molecular formula is C47H40N2. The van der Waals surface area contributed by atoms with Crippen molar-refractivity contribution in [3.05, 3.63) is 162 Å². The van der Waals surface area contributed by atoms with Gasteiger partial charge in [-0.15, -0.1) is 0 Å². The number of benzene rings is 5. The molecule has 0 saturated carbocycles. The van der Waals surface area contributed by atoms with E-state index in [0.29, 0.717) is 17.8 Å². The van der Waals surface area contributed by atoms with Gasteiger partial charge in [-0.2, -0.15) is 0 Å². The molecule has 1 aromatic heterocycles. The summed E-state index contributed by atoms with van der Waals surface area (Å²) in [7, 11) is 0. The first-order valence-electron chi connectivity index (χ1n) is 18.0. The van der Waals surface area contributed by atoms with Gasteiger partial charge in [-0.05, 0) is 110 Å². The highest BCUT2D eigenvalue weighted by molar-refractivity contribution is 6.08. The van der Waals surface area contributed by atoms with Crippen LogP contribution in [0.15, 0.2) is 145 Å². The number of fused-ring (bicyclic) bond motifs is 9. The molecule has 0 fully saturated rings. The molecule has 3 aliphatic carbocycles. The Hall–Kier alpha value is -5.47. The van der Waals surface area contributed by atoms with E-state index in [9.17, 15) is 0 Å². The van der Waals surface area contributed by atoms with Crippen molar-refractivity contribution in [3.8, 4) is 27.9 Å². The van der Waals surface area contributed by atoms with Crippen molar-refractivity contribution < 1.29 is 0 Å². The van der Waals surface area contributed by atoms with Gasteiger partial charge in [-0.3, -0.25) is 4.99 Å². The minimum absolute atomic E-state index is 0.313. The molecule has 238 valence electrons. The first-order chi connectivity index (χ1) is 24.3. The number of allylic oxidation sites excluding steroid dienone is 7. The number of nitrogens with zero attached hydrogens (tertiary/aromatic N) is 2. The second-order valence-corrected chi connectivity index (χ2v) is 13.4. The molecule has 0 spiro atoms. The number of para-hydroxylation sites is 1. The molecular weight excluding hydrogens is 593 g/mol. The van der Waals surface area contributed by atoms with Crippen LogP contribution in [0.4, 0.5) is 0 Å². The molecule has 4 bridgehead atoms. The Morgan fingerprint density at radius 2 is 1.53 bits per heavy atom. The molecule has 0 N–H and O–H groups in total. The van der Waals surface area contributed by atoms with Gasteiger partial charge in [0.2, 0.25) is 0 Å². The van der Waals surface area contributed by atoms with Crippen LogP contribution in [0.1, 0.15) is 60.9 Å². The third-order valence-electron chi connectivity index (χ3n) is 10.7. The zero-order valence-corrected chi connectivity index (χ0v) is 28.2. The lowest BCUT2D eigenvalue weighted by atomic mass is 9.80. The van der Waals surface area contributed by atoms with Gasteiger partial charge in [0.1, 0.15) is 0 Å². The molecule has 49 heavy (non-hydrogen) atoms. The maximum atomic E-state index is 4.75. The average Bonchev–Trinajstić information content (AvgIpc) is 3.40. The molecule has 5 aromatic carbocycles. The Balaban J connectivity index is 0.00000160. The minimum atomic E-state index is 0.313. The van der Waals surface area contributed by atoms with Crippen LogP contribution in [0.2, 0.25) is 0 Å². The molecule has 6 aromatic rings. The SMILES string of the molecule is C1=CC2=CC(C=C1)c1cccc3c(-c4cccc(-c5ccc6c(c5)c5c(n6-c6ccccc6)C=CC6C=NCCC5C6)c4)ccc2c13.CC. The lowest BCUT2D eigenvalue weighted by molar-refractivity contribution is 0.581. The number of aliphatic imine (C=N–C) groups is 1. The number of aromatic nitrogens is 1. The molecule has 3 atom stereocenters. The number of hydrogen-bond donors (Lipinski definition) is 0. The van der Waals surface area contributed by atoms with Gasteiger partial charge in [0.15, 0.2) is 0 Å². The van der Waals surface area contributed by atoms with Crippen molar-refractivity contribution >= 4 is 39.5 Å². The van der Waals surface area contributed by atoms with Crippen molar-refractivity contribution in [2.75, 3.05) is 6.54 Å². The summed E-state index contributed by atoms with van der Waals surface area (Å²) in [5.74, 6) is 1.18. The largest absolute Gasteiger partial charge is 0.310 e. The Morgan fingerprint density at radius 3 is 2.45 bits per heavy atom. The Kier molecular flexibility index (Phi) is 7.38. The highest BCUT2D eigenvalue weighted by Gasteiger charge is 2.29. The van der Waals surface area contributed by atoms with E-state index >= 15 is 0 Å². The maximum absolute atomic E-state index is 4.75. The van der Waals surface area contributed by atoms with Gasteiger partial charge in [0.05, 0.1) is 11.2 Å². The van der Waals surface area contributed by atoms with Crippen LogP contribution < -0.4 is 0 Å². The molecule has 2 heterocycles. The Labute approximate surface area is 289 Å². The average molecular weight is 633 g/mol. The Morgan fingerprint density at radius 1 is 0.694 bits per heavy atom. The molecule has 0 saturated heterocycles. The standard InChI is InChI=1S/C45H34N2.C2H6/c1-2-12-36(13-3-1)47-42-21-17-31(27-41(42)44-35-22-23-46-28-29(24-35)16-20-43(44)47)30-10-6-11-32(25-30)37-18-19-39-34-9-5-4-8-33(26-34)38-14-7-15-40(37)45(38)39;1-2/h1-21,25-29,33,35H,22-24H2;1-2H3. The first-order valence-corrected chi connectivity index (χ1v) is 18.0. The van der Waals surface area contributed by atoms with Gasteiger partial charge >= 0.3 is 0 Å². The van der Waals surface area contributed by atoms with Crippen molar-refractivity contribution in [1.29, 1.82) is 0 Å². The van der Waals surface area contributed by atoms with Gasteiger partial charge in [-0.1, -0.05) is 123 Å². The van der Waals surface area contributed by atoms with Crippen molar-refractivity contribution in [1.82, 2.24) is 4.57 Å². The molecule has 1 aliphatic heterocycles. The van der Waals surface area contributed by atoms with Gasteiger partial charge in [0.25, 0.3) is 0 Å². The molecule has 10 rings (SSSR count). The second-order valence-electron chi connectivity index (χ2n) is 13.4. The van der Waals surface area contributed by atoms with Crippen LogP contribution in [-0.4, -0.2) is 17.3 Å². The normalized spacial score (nSPS) is 19.8. The monoisotopic (exact) mass is 632 g/mol. The summed E-state index contributed by atoms with van der Waals surface area (Å²) in [6.07, 6.45) is 20.4. The fraction of sp³-hybridized carbons (Fsp3) is 0.170. The fourth-order valence-corrected chi connectivity index (χ4v) is 8.61. The summed E-state index contributed by atoms with van der Waals surface area (Å²) in [6, 6.07) is 38.6. The highest BCUT2D eigenvalue weighted by atomic mass is 15.0. The van der Waals surface area contributed by atoms with E-state index in [4.69, 9.17) is 4.99 Å². The zero-order chi connectivity index (χ0) is 32.9. The lowest BCUT2D eigenvalue weighted by Crippen LogP contribution is -2.04. The predicted octanol–water partition coefficient (Wildman–Crippen LogP) is 12.3. The molecule has 4 aliphatic rings. The van der Waals surface area contributed by atoms with Crippen LogP contribution in [0.25, 0.3) is 61.3 Å². The highest BCUT2D eigenvalue weighted by Crippen LogP contribution is 2.46. The Bertz CT molecular complexity index is 2390. The number of hydrogen-bond acceptors (Lipinski definition) is 1. The van der Waals surface area contributed by atoms with E-state index in [2.05, 4.69) is 156 Å². The van der Waals surface area contributed by atoms with Gasteiger partial charge in [0, 0.05) is 35.7 Å². The van der Waals surface area contributed by atoms with Crippen LogP contribution in [-0.2, 0) is 0 Å². The van der Waals surface area contributed by atoms with E-state index in [1.54, 1.807) is 0 Å². The second kappa shape index (κ2) is 12.2. The van der Waals surface area contributed by atoms with Crippen LogP contribution in [0.5, 0.6) is 0 Å². The van der Waals surface area contributed by atoms with Crippen LogP contribution in [0, 0.1) is 5.92 Å². The van der Waals surface area contributed by atoms with E-state index in [-0.39, 0.29) is 0 Å². The summed E-state index contributed by atoms with van der Waals surface area (Å²) in [4.78, 5) is 4.75. The first kappa shape index (κ1) is 29.7. The summed E-state index contributed by atoms with van der Waals surface area (Å²) >= 11 is 0. The third-order valence-corrected chi connectivity index (χ3v) is 10.7. The van der Waals surface area contributed by atoms with Crippen molar-refractivity contribution in [2.45, 2.75) is 38.5 Å². The van der Waals surface area contributed by atoms with Gasteiger partial charge < -0.3 is 4.57 Å². The van der Waals surface area contributed by atoms with E-state index in [0.717, 1.165) is 19.4 Å². The molecule has 0 radical (unpaired) electrons. The zero-order valence-electron chi connectivity index (χ0n) is 28.2. The van der Waals surface area contributed by atoms with Crippen molar-refractivity contribution in [2.24, 2.45) is 10.9 Å². The molecule has 2 nitrogen and oxygen atoms in total. The summed E-state index contributed by atoms with van der Waals surface area (Å²) < 4.78 is 2.47. The third kappa shape index (κ3) is 4.89. The fourth-order valence-electron chi connectivity index (χ4n) is 8.61. The summed E-state index contributed by atoms with van der Waals surface area (Å²) in [5, 5.41) is 4.08. The summed E-state index contributed by atoms with van der Waals surface area (Å²) in [5.41, 5.74) is 14.4. The predicted molar refractivity (Wildman–Crippen MR) is 210 cm³/mol. The molecule has 0 amide bonds. The topological polar surface area (TPSA) is 17.3 Å². The van der Waals surface area contributed by atoms with Crippen LogP contribution in [0.3, 0.4) is 0 Å².